The maximum atomic E-state index is 12.0. The van der Waals surface area contributed by atoms with Crippen molar-refractivity contribution in [1.29, 1.82) is 0 Å². The van der Waals surface area contributed by atoms with Gasteiger partial charge in [-0.05, 0) is 36.1 Å². The Hall–Kier alpha value is -1.59. The molecule has 0 saturated carbocycles. The Bertz CT molecular complexity index is 749. The molecule has 0 spiro atoms. The summed E-state index contributed by atoms with van der Waals surface area (Å²) in [5.74, 6) is 0.0454. The molecule has 1 aromatic carbocycles. The number of nitrogens with zero attached hydrogens (tertiary/aromatic N) is 1. The van der Waals surface area contributed by atoms with E-state index in [2.05, 4.69) is 32.7 Å². The molecule has 0 aliphatic rings. The second-order valence-corrected chi connectivity index (χ2v) is 6.68. The van der Waals surface area contributed by atoms with Crippen LogP contribution in [0.5, 0.6) is 0 Å². The molecule has 0 fully saturated rings. The van der Waals surface area contributed by atoms with Crippen molar-refractivity contribution in [1.82, 2.24) is 9.88 Å². The van der Waals surface area contributed by atoms with Crippen LogP contribution in [0.15, 0.2) is 52.4 Å². The van der Waals surface area contributed by atoms with E-state index < -0.39 is 0 Å². The van der Waals surface area contributed by atoms with E-state index in [9.17, 15) is 4.79 Å². The summed E-state index contributed by atoms with van der Waals surface area (Å²) in [7, 11) is 0. The molecule has 0 atom stereocenters. The van der Waals surface area contributed by atoms with E-state index in [0.29, 0.717) is 13.1 Å². The Morgan fingerprint density at radius 2 is 2.14 bits per heavy atom. The molecule has 21 heavy (non-hydrogen) atoms. The number of thiophene rings is 1. The van der Waals surface area contributed by atoms with E-state index in [1.807, 2.05) is 41.1 Å². The van der Waals surface area contributed by atoms with Gasteiger partial charge in [0.2, 0.25) is 5.91 Å². The average Bonchev–Trinajstić information content (AvgIpc) is 3.10. The minimum absolute atomic E-state index is 0.0454. The molecule has 1 N–H and O–H groups in total. The predicted octanol–water partition coefficient (Wildman–Crippen LogP) is 3.82. The smallest absolute Gasteiger partial charge is 0.239 e. The van der Waals surface area contributed by atoms with Crippen molar-refractivity contribution in [3.05, 3.63) is 57.3 Å². The highest BCUT2D eigenvalue weighted by Gasteiger charge is 2.07. The molecular formula is C16H15BrN2OS. The Labute approximate surface area is 135 Å². The molecule has 3 rings (SSSR count). The molecule has 108 valence electrons. The first-order valence-electron chi connectivity index (χ1n) is 6.76. The largest absolute Gasteiger partial charge is 0.354 e. The van der Waals surface area contributed by atoms with Crippen LogP contribution in [-0.4, -0.2) is 17.0 Å². The van der Waals surface area contributed by atoms with Crippen LogP contribution in [0.4, 0.5) is 0 Å². The molecule has 1 amide bonds. The van der Waals surface area contributed by atoms with Crippen molar-refractivity contribution in [3.8, 4) is 0 Å². The first-order valence-corrected chi connectivity index (χ1v) is 8.44. The summed E-state index contributed by atoms with van der Waals surface area (Å²) in [5.41, 5.74) is 1.07. The van der Waals surface area contributed by atoms with Crippen LogP contribution >= 0.6 is 27.3 Å². The van der Waals surface area contributed by atoms with Gasteiger partial charge in [0.1, 0.15) is 6.54 Å². The van der Waals surface area contributed by atoms with Crippen LogP contribution in [0.2, 0.25) is 0 Å². The van der Waals surface area contributed by atoms with E-state index in [0.717, 1.165) is 21.8 Å². The van der Waals surface area contributed by atoms with Crippen molar-refractivity contribution in [2.45, 2.75) is 13.0 Å². The van der Waals surface area contributed by atoms with Crippen LogP contribution in [0.1, 0.15) is 4.88 Å². The predicted molar refractivity (Wildman–Crippen MR) is 90.7 cm³/mol. The highest BCUT2D eigenvalue weighted by atomic mass is 79.9. The molecule has 2 aromatic heterocycles. The lowest BCUT2D eigenvalue weighted by atomic mass is 10.2. The van der Waals surface area contributed by atoms with Crippen molar-refractivity contribution in [2.75, 3.05) is 6.54 Å². The van der Waals surface area contributed by atoms with Crippen LogP contribution < -0.4 is 5.32 Å². The molecule has 3 aromatic rings. The van der Waals surface area contributed by atoms with E-state index in [1.165, 1.54) is 4.88 Å². The summed E-state index contributed by atoms with van der Waals surface area (Å²) in [5, 5.41) is 6.16. The standard InChI is InChI=1S/C16H15BrN2OS/c17-14-4-1-5-15-13(14)7-9-19(15)11-16(20)18-8-6-12-3-2-10-21-12/h1-5,7,9-10H,6,8,11H2,(H,18,20). The normalized spacial score (nSPS) is 10.9. The van der Waals surface area contributed by atoms with Crippen molar-refractivity contribution >= 4 is 44.1 Å². The van der Waals surface area contributed by atoms with Gasteiger partial charge in [-0.1, -0.05) is 28.1 Å². The van der Waals surface area contributed by atoms with Crippen molar-refractivity contribution in [3.63, 3.8) is 0 Å². The van der Waals surface area contributed by atoms with Gasteiger partial charge in [-0.25, -0.2) is 0 Å². The molecule has 0 aliphatic carbocycles. The van der Waals surface area contributed by atoms with Crippen molar-refractivity contribution in [2.24, 2.45) is 0 Å². The zero-order chi connectivity index (χ0) is 14.7. The lowest BCUT2D eigenvalue weighted by Crippen LogP contribution is -2.29. The van der Waals surface area contributed by atoms with Crippen LogP contribution in [0.3, 0.4) is 0 Å². The number of hydrogen-bond acceptors (Lipinski definition) is 2. The zero-order valence-electron chi connectivity index (χ0n) is 11.4. The maximum Gasteiger partial charge on any atom is 0.239 e. The fourth-order valence-corrected chi connectivity index (χ4v) is 3.51. The monoisotopic (exact) mass is 362 g/mol. The third kappa shape index (κ3) is 3.36. The first-order chi connectivity index (χ1) is 10.2. The summed E-state index contributed by atoms with van der Waals surface area (Å²) in [6.07, 6.45) is 2.84. The second-order valence-electron chi connectivity index (χ2n) is 4.80. The molecule has 0 radical (unpaired) electrons. The van der Waals surface area contributed by atoms with E-state index in [-0.39, 0.29) is 5.91 Å². The third-order valence-electron chi connectivity index (χ3n) is 3.35. The fraction of sp³-hybridized carbons (Fsp3) is 0.188. The van der Waals surface area contributed by atoms with Gasteiger partial charge in [-0.15, -0.1) is 11.3 Å². The van der Waals surface area contributed by atoms with Gasteiger partial charge in [-0.3, -0.25) is 4.79 Å². The lowest BCUT2D eigenvalue weighted by molar-refractivity contribution is -0.121. The Kier molecular flexibility index (Phi) is 4.41. The molecule has 0 bridgehead atoms. The zero-order valence-corrected chi connectivity index (χ0v) is 13.8. The lowest BCUT2D eigenvalue weighted by Gasteiger charge is -2.07. The number of carbonyl (C=O) groups excluding carboxylic acids is 1. The van der Waals surface area contributed by atoms with E-state index in [4.69, 9.17) is 0 Å². The number of halogens is 1. The molecule has 0 saturated heterocycles. The first kappa shape index (κ1) is 14.4. The summed E-state index contributed by atoms with van der Waals surface area (Å²) < 4.78 is 3.03. The number of hydrogen-bond donors (Lipinski definition) is 1. The van der Waals surface area contributed by atoms with Gasteiger partial charge >= 0.3 is 0 Å². The van der Waals surface area contributed by atoms with Crippen LogP contribution in [0, 0.1) is 0 Å². The molecule has 3 nitrogen and oxygen atoms in total. The minimum atomic E-state index is 0.0454. The number of rotatable bonds is 5. The molecule has 0 unspecified atom stereocenters. The fourth-order valence-electron chi connectivity index (χ4n) is 2.31. The number of benzene rings is 1. The average molecular weight is 363 g/mol. The van der Waals surface area contributed by atoms with Gasteiger partial charge < -0.3 is 9.88 Å². The van der Waals surface area contributed by atoms with Gasteiger partial charge in [0.15, 0.2) is 0 Å². The highest BCUT2D eigenvalue weighted by molar-refractivity contribution is 9.10. The van der Waals surface area contributed by atoms with Gasteiger partial charge in [0, 0.05) is 33.0 Å². The number of aromatic nitrogens is 1. The van der Waals surface area contributed by atoms with Crippen LogP contribution in [-0.2, 0) is 17.8 Å². The second kappa shape index (κ2) is 6.45. The minimum Gasteiger partial charge on any atom is -0.354 e. The summed E-state index contributed by atoms with van der Waals surface area (Å²) in [4.78, 5) is 13.3. The van der Waals surface area contributed by atoms with E-state index in [1.54, 1.807) is 11.3 Å². The SMILES string of the molecule is O=C(Cn1ccc2c(Br)cccc21)NCCc1cccs1. The molecule has 2 heterocycles. The number of carbonyl (C=O) groups is 1. The molecular weight excluding hydrogens is 348 g/mol. The van der Waals surface area contributed by atoms with Gasteiger partial charge in [0.25, 0.3) is 0 Å². The molecule has 5 heteroatoms. The van der Waals surface area contributed by atoms with Gasteiger partial charge in [-0.2, -0.15) is 0 Å². The highest BCUT2D eigenvalue weighted by Crippen LogP contribution is 2.24. The Morgan fingerprint density at radius 3 is 2.95 bits per heavy atom. The van der Waals surface area contributed by atoms with Crippen molar-refractivity contribution < 1.29 is 4.79 Å². The summed E-state index contributed by atoms with van der Waals surface area (Å²) in [6, 6.07) is 12.2. The van der Waals surface area contributed by atoms with Crippen LogP contribution in [0.25, 0.3) is 10.9 Å². The topological polar surface area (TPSA) is 34.0 Å². The summed E-state index contributed by atoms with van der Waals surface area (Å²) in [6.45, 7) is 1.03. The maximum absolute atomic E-state index is 12.0. The number of nitrogens with one attached hydrogen (secondary N) is 1. The third-order valence-corrected chi connectivity index (χ3v) is 4.98. The quantitative estimate of drug-likeness (QED) is 0.735. The van der Waals surface area contributed by atoms with E-state index >= 15 is 0 Å². The Balaban J connectivity index is 1.60. The number of fused-ring (bicyclic) bond motifs is 1. The Morgan fingerprint density at radius 1 is 1.24 bits per heavy atom. The summed E-state index contributed by atoms with van der Waals surface area (Å²) >= 11 is 5.25. The van der Waals surface area contributed by atoms with Gasteiger partial charge in [0.05, 0.1) is 0 Å². The molecule has 0 aliphatic heterocycles. The number of amides is 1.